The van der Waals surface area contributed by atoms with E-state index in [1.54, 1.807) is 6.07 Å². The second-order valence-electron chi connectivity index (χ2n) is 6.16. The Morgan fingerprint density at radius 1 is 1.22 bits per heavy atom. The summed E-state index contributed by atoms with van der Waals surface area (Å²) in [6.07, 6.45) is 0.669. The Balaban J connectivity index is 2.29. The van der Waals surface area contributed by atoms with Gasteiger partial charge in [0.1, 0.15) is 0 Å². The Labute approximate surface area is 134 Å². The van der Waals surface area contributed by atoms with Crippen molar-refractivity contribution in [1.29, 1.82) is 0 Å². The fraction of sp³-hybridized carbons (Fsp3) is 0.588. The van der Waals surface area contributed by atoms with Crippen molar-refractivity contribution in [2.45, 2.75) is 56.7 Å². The first-order chi connectivity index (χ1) is 10.9. The number of carbonyl (C=O) groups is 1. The summed E-state index contributed by atoms with van der Waals surface area (Å²) >= 11 is 0. The molecule has 0 aliphatic heterocycles. The minimum atomic E-state index is -4.38. The molecule has 1 aromatic rings. The summed E-state index contributed by atoms with van der Waals surface area (Å²) in [7, 11) is 0. The average Bonchev–Trinajstić information content (AvgIpc) is 2.53. The summed E-state index contributed by atoms with van der Waals surface area (Å²) in [6, 6.07) is 5.34. The Kier molecular flexibility index (Phi) is 5.68. The van der Waals surface area contributed by atoms with Gasteiger partial charge >= 0.3 is 6.18 Å². The summed E-state index contributed by atoms with van der Waals surface area (Å²) in [4.78, 5) is 12.1. The number of alkyl halides is 3. The molecule has 0 aromatic heterocycles. The van der Waals surface area contributed by atoms with Gasteiger partial charge in [0.05, 0.1) is 11.1 Å². The fourth-order valence-electron chi connectivity index (χ4n) is 3.23. The van der Waals surface area contributed by atoms with Gasteiger partial charge in [-0.2, -0.15) is 13.2 Å². The van der Waals surface area contributed by atoms with Crippen LogP contribution in [0.2, 0.25) is 0 Å². The van der Waals surface area contributed by atoms with Crippen molar-refractivity contribution in [3.8, 4) is 0 Å². The highest BCUT2D eigenvalue weighted by atomic mass is 19.4. The zero-order chi connectivity index (χ0) is 16.9. The topological polar surface area (TPSA) is 55.1 Å². The van der Waals surface area contributed by atoms with Gasteiger partial charge in [-0.1, -0.05) is 31.4 Å². The molecule has 0 unspecified atom stereocenters. The lowest BCUT2D eigenvalue weighted by atomic mass is 9.76. The number of carbonyl (C=O) groups excluding carboxylic acids is 1. The zero-order valence-corrected chi connectivity index (χ0v) is 13.1. The third kappa shape index (κ3) is 4.47. The molecule has 1 aliphatic rings. The SMILES string of the molecule is NCCCC(=O)NC1(c2cccc(C(F)(F)F)c2)CCCCC1. The highest BCUT2D eigenvalue weighted by Gasteiger charge is 2.37. The van der Waals surface area contributed by atoms with Crippen molar-refractivity contribution in [1.82, 2.24) is 5.32 Å². The number of benzene rings is 1. The third-order valence-electron chi connectivity index (χ3n) is 4.44. The Bertz CT molecular complexity index is 537. The molecule has 1 aliphatic carbocycles. The summed E-state index contributed by atoms with van der Waals surface area (Å²) in [5.74, 6) is -0.144. The predicted molar refractivity (Wildman–Crippen MR) is 82.6 cm³/mol. The maximum absolute atomic E-state index is 13.0. The Hall–Kier alpha value is -1.56. The van der Waals surface area contributed by atoms with E-state index < -0.39 is 17.3 Å². The third-order valence-corrected chi connectivity index (χ3v) is 4.44. The number of nitrogens with one attached hydrogen (secondary N) is 1. The molecular weight excluding hydrogens is 305 g/mol. The van der Waals surface area contributed by atoms with Crippen LogP contribution >= 0.6 is 0 Å². The maximum Gasteiger partial charge on any atom is 0.416 e. The summed E-state index contributed by atoms with van der Waals surface area (Å²) in [5.41, 5.74) is 4.61. The van der Waals surface area contributed by atoms with E-state index in [1.165, 1.54) is 12.1 Å². The number of hydrogen-bond donors (Lipinski definition) is 2. The molecule has 1 aromatic carbocycles. The van der Waals surface area contributed by atoms with E-state index in [2.05, 4.69) is 5.32 Å². The second kappa shape index (κ2) is 7.34. The molecule has 0 heterocycles. The second-order valence-corrected chi connectivity index (χ2v) is 6.16. The molecule has 0 saturated heterocycles. The van der Waals surface area contributed by atoms with E-state index in [0.29, 0.717) is 37.8 Å². The van der Waals surface area contributed by atoms with Gasteiger partial charge in [-0.15, -0.1) is 0 Å². The van der Waals surface area contributed by atoms with Gasteiger partial charge in [0.2, 0.25) is 5.91 Å². The Morgan fingerprint density at radius 2 is 1.91 bits per heavy atom. The van der Waals surface area contributed by atoms with E-state index in [9.17, 15) is 18.0 Å². The first kappa shape index (κ1) is 17.8. The molecule has 6 heteroatoms. The molecule has 0 atom stereocenters. The molecule has 128 valence electrons. The van der Waals surface area contributed by atoms with Crippen LogP contribution in [0.5, 0.6) is 0 Å². The molecule has 0 bridgehead atoms. The van der Waals surface area contributed by atoms with Crippen LogP contribution in [0.1, 0.15) is 56.1 Å². The molecular formula is C17H23F3N2O. The van der Waals surface area contributed by atoms with Crippen LogP contribution in [0, 0.1) is 0 Å². The quantitative estimate of drug-likeness (QED) is 0.865. The standard InChI is InChI=1S/C17H23F3N2O/c18-17(19,20)14-7-4-6-13(12-14)16(9-2-1-3-10-16)22-15(23)8-5-11-21/h4,6-7,12H,1-3,5,8-11,21H2,(H,22,23). The Morgan fingerprint density at radius 3 is 2.52 bits per heavy atom. The van der Waals surface area contributed by atoms with Gasteiger partial charge in [-0.25, -0.2) is 0 Å². The van der Waals surface area contributed by atoms with Crippen LogP contribution in [-0.4, -0.2) is 12.5 Å². The van der Waals surface area contributed by atoms with Crippen LogP contribution in [0.4, 0.5) is 13.2 Å². The van der Waals surface area contributed by atoms with Gasteiger partial charge < -0.3 is 11.1 Å². The van der Waals surface area contributed by atoms with Gasteiger partial charge in [0.25, 0.3) is 0 Å². The summed E-state index contributed by atoms with van der Waals surface area (Å²) in [5, 5.41) is 3.00. The van der Waals surface area contributed by atoms with E-state index in [0.717, 1.165) is 25.3 Å². The maximum atomic E-state index is 13.0. The van der Waals surface area contributed by atoms with Crippen molar-refractivity contribution >= 4 is 5.91 Å². The van der Waals surface area contributed by atoms with E-state index in [-0.39, 0.29) is 5.91 Å². The number of amides is 1. The molecule has 3 nitrogen and oxygen atoms in total. The molecule has 3 N–H and O–H groups in total. The van der Waals surface area contributed by atoms with Crippen LogP contribution in [0.3, 0.4) is 0 Å². The highest BCUT2D eigenvalue weighted by molar-refractivity contribution is 5.77. The van der Waals surface area contributed by atoms with Crippen molar-refractivity contribution < 1.29 is 18.0 Å². The lowest BCUT2D eigenvalue weighted by molar-refractivity contribution is -0.137. The van der Waals surface area contributed by atoms with Crippen LogP contribution in [-0.2, 0) is 16.5 Å². The molecule has 23 heavy (non-hydrogen) atoms. The van der Waals surface area contributed by atoms with E-state index in [1.807, 2.05) is 0 Å². The van der Waals surface area contributed by atoms with Crippen molar-refractivity contribution in [3.05, 3.63) is 35.4 Å². The van der Waals surface area contributed by atoms with Crippen LogP contribution < -0.4 is 11.1 Å². The molecule has 2 rings (SSSR count). The monoisotopic (exact) mass is 328 g/mol. The minimum absolute atomic E-state index is 0.144. The van der Waals surface area contributed by atoms with E-state index >= 15 is 0 Å². The van der Waals surface area contributed by atoms with Crippen LogP contribution in [0.25, 0.3) is 0 Å². The van der Waals surface area contributed by atoms with Gasteiger partial charge in [-0.3, -0.25) is 4.79 Å². The van der Waals surface area contributed by atoms with Crippen molar-refractivity contribution in [2.24, 2.45) is 5.73 Å². The number of hydrogen-bond acceptors (Lipinski definition) is 2. The fourth-order valence-corrected chi connectivity index (χ4v) is 3.23. The first-order valence-electron chi connectivity index (χ1n) is 8.06. The largest absolute Gasteiger partial charge is 0.416 e. The summed E-state index contributed by atoms with van der Waals surface area (Å²) < 4.78 is 39.0. The molecule has 1 amide bonds. The van der Waals surface area contributed by atoms with Crippen molar-refractivity contribution in [3.63, 3.8) is 0 Å². The zero-order valence-electron chi connectivity index (χ0n) is 13.1. The predicted octanol–water partition coefficient (Wildman–Crippen LogP) is 3.72. The van der Waals surface area contributed by atoms with Crippen LogP contribution in [0.15, 0.2) is 24.3 Å². The normalized spacial score (nSPS) is 17.7. The lowest BCUT2D eigenvalue weighted by Crippen LogP contribution is -2.47. The minimum Gasteiger partial charge on any atom is -0.347 e. The van der Waals surface area contributed by atoms with Gasteiger partial charge in [0.15, 0.2) is 0 Å². The van der Waals surface area contributed by atoms with Gasteiger partial charge in [0, 0.05) is 6.42 Å². The highest BCUT2D eigenvalue weighted by Crippen LogP contribution is 2.39. The van der Waals surface area contributed by atoms with Gasteiger partial charge in [-0.05, 0) is 43.5 Å². The molecule has 1 fully saturated rings. The molecule has 0 radical (unpaired) electrons. The lowest BCUT2D eigenvalue weighted by Gasteiger charge is -2.39. The van der Waals surface area contributed by atoms with Crippen molar-refractivity contribution in [2.75, 3.05) is 6.54 Å². The smallest absolute Gasteiger partial charge is 0.347 e. The summed E-state index contributed by atoms with van der Waals surface area (Å²) in [6.45, 7) is 0.421. The number of rotatable bonds is 5. The number of nitrogens with two attached hydrogens (primary N) is 1. The van der Waals surface area contributed by atoms with E-state index in [4.69, 9.17) is 5.73 Å². The molecule has 1 saturated carbocycles. The molecule has 0 spiro atoms. The first-order valence-corrected chi connectivity index (χ1v) is 8.06. The number of halogens is 3. The average molecular weight is 328 g/mol.